The largest absolute Gasteiger partial charge is 0.378 e. The van der Waals surface area contributed by atoms with Crippen LogP contribution in [0, 0.1) is 0 Å². The van der Waals surface area contributed by atoms with Gasteiger partial charge in [-0.3, -0.25) is 0 Å². The highest BCUT2D eigenvalue weighted by Gasteiger charge is 2.39. The van der Waals surface area contributed by atoms with Gasteiger partial charge in [0.15, 0.2) is 0 Å². The Bertz CT molecular complexity index is 505. The lowest BCUT2D eigenvalue weighted by molar-refractivity contribution is -0.0159. The summed E-state index contributed by atoms with van der Waals surface area (Å²) in [6, 6.07) is 21.9. The van der Waals surface area contributed by atoms with Crippen LogP contribution in [0.1, 0.15) is 43.7 Å². The average molecular weight is 280 g/mol. The summed E-state index contributed by atoms with van der Waals surface area (Å²) >= 11 is 0. The maximum atomic E-state index is 6.02. The Balaban J connectivity index is 2.03. The molecule has 0 radical (unpaired) electrons. The first-order valence-electron chi connectivity index (χ1n) is 8.08. The average Bonchev–Trinajstić information content (AvgIpc) is 2.57. The Morgan fingerprint density at radius 1 is 0.952 bits per heavy atom. The summed E-state index contributed by atoms with van der Waals surface area (Å²) in [7, 11) is 0. The van der Waals surface area contributed by atoms with Crippen LogP contribution < -0.4 is 0 Å². The molecule has 2 aromatic carbocycles. The van der Waals surface area contributed by atoms with Crippen LogP contribution in [0.3, 0.4) is 0 Å². The molecule has 0 N–H and O–H groups in total. The highest BCUT2D eigenvalue weighted by atomic mass is 16.5. The molecule has 110 valence electrons. The van der Waals surface area contributed by atoms with Gasteiger partial charge in [0.2, 0.25) is 0 Å². The van der Waals surface area contributed by atoms with Crippen molar-refractivity contribution in [1.82, 2.24) is 0 Å². The summed E-state index contributed by atoms with van der Waals surface area (Å²) < 4.78 is 6.02. The third-order valence-electron chi connectivity index (χ3n) is 4.72. The van der Waals surface area contributed by atoms with Crippen molar-refractivity contribution in [2.24, 2.45) is 0 Å². The van der Waals surface area contributed by atoms with E-state index in [1.165, 1.54) is 17.5 Å². The summed E-state index contributed by atoms with van der Waals surface area (Å²) in [5.41, 5.74) is 2.97. The fourth-order valence-corrected chi connectivity index (χ4v) is 3.66. The van der Waals surface area contributed by atoms with Crippen molar-refractivity contribution in [2.45, 2.75) is 44.1 Å². The number of hydrogen-bond acceptors (Lipinski definition) is 1. The molecular weight excluding hydrogens is 256 g/mol. The van der Waals surface area contributed by atoms with E-state index in [2.05, 4.69) is 67.6 Å². The molecule has 0 amide bonds. The summed E-state index contributed by atoms with van der Waals surface area (Å²) in [6.07, 6.45) is 4.88. The molecule has 0 aliphatic carbocycles. The second-order valence-electron chi connectivity index (χ2n) is 6.05. The molecule has 1 aliphatic heterocycles. The van der Waals surface area contributed by atoms with E-state index >= 15 is 0 Å². The van der Waals surface area contributed by atoms with Gasteiger partial charge < -0.3 is 4.74 Å². The van der Waals surface area contributed by atoms with Gasteiger partial charge in [-0.05, 0) is 30.4 Å². The van der Waals surface area contributed by atoms with Crippen molar-refractivity contribution in [3.05, 3.63) is 71.8 Å². The zero-order valence-electron chi connectivity index (χ0n) is 12.8. The maximum absolute atomic E-state index is 6.02. The molecule has 21 heavy (non-hydrogen) atoms. The Morgan fingerprint density at radius 3 is 2.05 bits per heavy atom. The second-order valence-corrected chi connectivity index (χ2v) is 6.05. The van der Waals surface area contributed by atoms with Crippen molar-refractivity contribution < 1.29 is 4.74 Å². The van der Waals surface area contributed by atoms with E-state index in [9.17, 15) is 0 Å². The minimum Gasteiger partial charge on any atom is -0.378 e. The monoisotopic (exact) mass is 280 g/mol. The maximum Gasteiger partial charge on any atom is 0.0586 e. The Hall–Kier alpha value is -1.60. The molecule has 1 heterocycles. The summed E-state index contributed by atoms with van der Waals surface area (Å²) in [5.74, 6) is 0. The molecule has 1 atom stereocenters. The first kappa shape index (κ1) is 14.3. The van der Waals surface area contributed by atoms with Crippen molar-refractivity contribution in [2.75, 3.05) is 6.61 Å². The van der Waals surface area contributed by atoms with E-state index in [0.29, 0.717) is 6.10 Å². The summed E-state index contributed by atoms with van der Waals surface area (Å²) in [5, 5.41) is 0. The molecule has 1 fully saturated rings. The van der Waals surface area contributed by atoms with Crippen LogP contribution in [0.2, 0.25) is 0 Å². The zero-order valence-corrected chi connectivity index (χ0v) is 12.8. The van der Waals surface area contributed by atoms with Gasteiger partial charge in [0, 0.05) is 12.0 Å². The predicted octanol–water partition coefficient (Wildman–Crippen LogP) is 4.95. The lowest BCUT2D eigenvalue weighted by Gasteiger charge is -2.42. The highest BCUT2D eigenvalue weighted by Crippen LogP contribution is 2.43. The smallest absolute Gasteiger partial charge is 0.0586 e. The molecule has 0 aromatic heterocycles. The van der Waals surface area contributed by atoms with Gasteiger partial charge >= 0.3 is 0 Å². The van der Waals surface area contributed by atoms with Crippen molar-refractivity contribution >= 4 is 0 Å². The van der Waals surface area contributed by atoms with Crippen LogP contribution in [0.15, 0.2) is 60.7 Å². The molecule has 1 heteroatoms. The van der Waals surface area contributed by atoms with E-state index in [4.69, 9.17) is 4.74 Å². The first-order valence-corrected chi connectivity index (χ1v) is 8.08. The number of ether oxygens (including phenoxy) is 1. The standard InChI is InChI=1S/C20H24O/c1-2-9-19-16-20(14-15-21-19,17-10-5-3-6-11-17)18-12-7-4-8-13-18/h3-8,10-13,19H,2,9,14-16H2,1H3. The molecular formula is C20H24O. The minimum absolute atomic E-state index is 0.112. The highest BCUT2D eigenvalue weighted by molar-refractivity contribution is 5.40. The van der Waals surface area contributed by atoms with Crippen molar-refractivity contribution in [1.29, 1.82) is 0 Å². The number of hydrogen-bond donors (Lipinski definition) is 0. The lowest BCUT2D eigenvalue weighted by atomic mass is 9.67. The van der Waals surface area contributed by atoms with Crippen LogP contribution in [0.25, 0.3) is 0 Å². The van der Waals surface area contributed by atoms with Crippen LogP contribution in [-0.2, 0) is 10.2 Å². The van der Waals surface area contributed by atoms with Crippen molar-refractivity contribution in [3.63, 3.8) is 0 Å². The SMILES string of the molecule is CCCC1CC(c2ccccc2)(c2ccccc2)CCO1. The van der Waals surface area contributed by atoms with Gasteiger partial charge in [-0.15, -0.1) is 0 Å². The summed E-state index contributed by atoms with van der Waals surface area (Å²) in [6.45, 7) is 3.10. The first-order chi connectivity index (χ1) is 10.3. The van der Waals surface area contributed by atoms with Crippen LogP contribution in [-0.4, -0.2) is 12.7 Å². The second kappa shape index (κ2) is 6.44. The van der Waals surface area contributed by atoms with Gasteiger partial charge in [0.25, 0.3) is 0 Å². The topological polar surface area (TPSA) is 9.23 Å². The van der Waals surface area contributed by atoms with Gasteiger partial charge in [-0.1, -0.05) is 74.0 Å². The van der Waals surface area contributed by atoms with Crippen LogP contribution in [0.4, 0.5) is 0 Å². The van der Waals surface area contributed by atoms with Gasteiger partial charge in [0.05, 0.1) is 6.10 Å². The lowest BCUT2D eigenvalue weighted by Crippen LogP contribution is -2.39. The van der Waals surface area contributed by atoms with E-state index in [1.807, 2.05) is 0 Å². The van der Waals surface area contributed by atoms with Crippen molar-refractivity contribution in [3.8, 4) is 0 Å². The Morgan fingerprint density at radius 2 is 1.52 bits per heavy atom. The van der Waals surface area contributed by atoms with Gasteiger partial charge in [-0.2, -0.15) is 0 Å². The molecule has 2 aromatic rings. The predicted molar refractivity (Wildman–Crippen MR) is 87.5 cm³/mol. The normalized spacial score (nSPS) is 21.1. The third-order valence-corrected chi connectivity index (χ3v) is 4.72. The molecule has 0 saturated carbocycles. The van der Waals surface area contributed by atoms with Gasteiger partial charge in [-0.25, -0.2) is 0 Å². The summed E-state index contributed by atoms with van der Waals surface area (Å²) in [4.78, 5) is 0. The van der Waals surface area contributed by atoms with E-state index in [-0.39, 0.29) is 5.41 Å². The van der Waals surface area contributed by atoms with Crippen LogP contribution >= 0.6 is 0 Å². The quantitative estimate of drug-likeness (QED) is 0.770. The van der Waals surface area contributed by atoms with E-state index < -0.39 is 0 Å². The van der Waals surface area contributed by atoms with E-state index in [0.717, 1.165) is 25.9 Å². The van der Waals surface area contributed by atoms with Gasteiger partial charge in [0.1, 0.15) is 0 Å². The molecule has 1 nitrogen and oxygen atoms in total. The van der Waals surface area contributed by atoms with E-state index in [1.54, 1.807) is 0 Å². The molecule has 0 bridgehead atoms. The molecule has 0 spiro atoms. The van der Waals surface area contributed by atoms with Crippen LogP contribution in [0.5, 0.6) is 0 Å². The zero-order chi connectivity index (χ0) is 14.5. The third kappa shape index (κ3) is 2.89. The Kier molecular flexibility index (Phi) is 4.40. The molecule has 3 rings (SSSR count). The fourth-order valence-electron chi connectivity index (χ4n) is 3.66. The minimum atomic E-state index is 0.112. The number of rotatable bonds is 4. The number of benzene rings is 2. The molecule has 1 saturated heterocycles. The Labute approximate surface area is 128 Å². The fraction of sp³-hybridized carbons (Fsp3) is 0.400. The molecule has 1 aliphatic rings. The molecule has 1 unspecified atom stereocenters.